The van der Waals surface area contributed by atoms with Gasteiger partial charge in [0.25, 0.3) is 0 Å². The first-order valence-corrected chi connectivity index (χ1v) is 9.89. The Kier molecular flexibility index (Phi) is 5.73. The highest BCUT2D eigenvalue weighted by Crippen LogP contribution is 2.42. The van der Waals surface area contributed by atoms with Crippen LogP contribution in [0.1, 0.15) is 57.2 Å². The normalized spacial score (nSPS) is 18.8. The van der Waals surface area contributed by atoms with Gasteiger partial charge in [-0.25, -0.2) is 4.98 Å². The van der Waals surface area contributed by atoms with Gasteiger partial charge in [0, 0.05) is 6.20 Å². The number of ketones is 2. The number of carbonyl (C=O) groups excluding carboxylic acids is 2. The zero-order valence-electron chi connectivity index (χ0n) is 18.0. The standard InChI is InChI=1S/C23H24F3NO4/c1-6-13-9-10-14(30-20-16(23(24,25)26)8-7-11-27-20)12-15(13)17-18(28)21(2,3)31-22(4,5)19(17)29/h7-12,17H,6H2,1-5H3. The molecule has 3 rings (SSSR count). The summed E-state index contributed by atoms with van der Waals surface area (Å²) in [5, 5.41) is 0. The minimum atomic E-state index is -4.64. The second-order valence-electron chi connectivity index (χ2n) is 8.45. The number of alkyl halides is 3. The van der Waals surface area contributed by atoms with Crippen LogP contribution < -0.4 is 4.74 Å². The van der Waals surface area contributed by atoms with Gasteiger partial charge in [-0.1, -0.05) is 13.0 Å². The molecule has 0 radical (unpaired) electrons. The minimum absolute atomic E-state index is 0.0547. The molecule has 0 unspecified atom stereocenters. The Morgan fingerprint density at radius 1 is 1.06 bits per heavy atom. The fourth-order valence-corrected chi connectivity index (χ4v) is 3.86. The number of rotatable bonds is 4. The predicted molar refractivity (Wildman–Crippen MR) is 107 cm³/mol. The van der Waals surface area contributed by atoms with Gasteiger partial charge < -0.3 is 9.47 Å². The van der Waals surface area contributed by atoms with Crippen LogP contribution in [0.3, 0.4) is 0 Å². The van der Waals surface area contributed by atoms with Gasteiger partial charge in [0.05, 0.1) is 0 Å². The molecule has 2 heterocycles. The summed E-state index contributed by atoms with van der Waals surface area (Å²) in [6, 6.07) is 6.65. The summed E-state index contributed by atoms with van der Waals surface area (Å²) >= 11 is 0. The summed E-state index contributed by atoms with van der Waals surface area (Å²) in [5.74, 6) is -2.47. The van der Waals surface area contributed by atoms with Crippen molar-refractivity contribution in [2.75, 3.05) is 0 Å². The molecule has 31 heavy (non-hydrogen) atoms. The van der Waals surface area contributed by atoms with Crippen LogP contribution in [0.2, 0.25) is 0 Å². The molecule has 0 N–H and O–H groups in total. The SMILES string of the molecule is CCc1ccc(Oc2ncccc2C(F)(F)F)cc1C1C(=O)C(C)(C)OC(C)(C)C1=O. The first kappa shape index (κ1) is 22.9. The van der Waals surface area contributed by atoms with Crippen molar-refractivity contribution in [3.63, 3.8) is 0 Å². The fourth-order valence-electron chi connectivity index (χ4n) is 3.86. The first-order chi connectivity index (χ1) is 14.3. The Morgan fingerprint density at radius 2 is 1.68 bits per heavy atom. The van der Waals surface area contributed by atoms with E-state index in [-0.39, 0.29) is 5.75 Å². The molecule has 0 bridgehead atoms. The molecule has 1 aliphatic rings. The average Bonchev–Trinajstić information content (AvgIpc) is 2.66. The van der Waals surface area contributed by atoms with Gasteiger partial charge in [-0.3, -0.25) is 9.59 Å². The van der Waals surface area contributed by atoms with E-state index in [0.717, 1.165) is 11.6 Å². The van der Waals surface area contributed by atoms with Gasteiger partial charge in [0.15, 0.2) is 11.6 Å². The van der Waals surface area contributed by atoms with Crippen LogP contribution >= 0.6 is 0 Å². The van der Waals surface area contributed by atoms with Crippen LogP contribution in [0.5, 0.6) is 11.6 Å². The third-order valence-electron chi connectivity index (χ3n) is 5.32. The maximum absolute atomic E-state index is 13.3. The van der Waals surface area contributed by atoms with Crippen LogP contribution in [0.4, 0.5) is 13.2 Å². The van der Waals surface area contributed by atoms with Crippen molar-refractivity contribution in [1.82, 2.24) is 4.98 Å². The number of aromatic nitrogens is 1. The average molecular weight is 435 g/mol. The van der Waals surface area contributed by atoms with E-state index in [9.17, 15) is 22.8 Å². The molecule has 0 spiro atoms. The van der Waals surface area contributed by atoms with E-state index >= 15 is 0 Å². The van der Waals surface area contributed by atoms with E-state index in [0.29, 0.717) is 12.0 Å². The maximum Gasteiger partial charge on any atom is 0.421 e. The van der Waals surface area contributed by atoms with Crippen molar-refractivity contribution in [2.45, 2.75) is 64.3 Å². The summed E-state index contributed by atoms with van der Waals surface area (Å²) in [6.45, 7) is 8.28. The van der Waals surface area contributed by atoms with Crippen molar-refractivity contribution in [3.8, 4) is 11.6 Å². The lowest BCUT2D eigenvalue weighted by atomic mass is 9.73. The predicted octanol–water partition coefficient (Wildman–Crippen LogP) is 5.26. The second-order valence-corrected chi connectivity index (χ2v) is 8.45. The number of pyridine rings is 1. The van der Waals surface area contributed by atoms with Crippen LogP contribution in [0.15, 0.2) is 36.5 Å². The van der Waals surface area contributed by atoms with Gasteiger partial charge in [-0.2, -0.15) is 13.2 Å². The van der Waals surface area contributed by atoms with Gasteiger partial charge in [0.1, 0.15) is 28.4 Å². The monoisotopic (exact) mass is 435 g/mol. The largest absolute Gasteiger partial charge is 0.438 e. The Bertz CT molecular complexity index is 1000. The highest BCUT2D eigenvalue weighted by molar-refractivity contribution is 6.15. The highest BCUT2D eigenvalue weighted by atomic mass is 19.4. The van der Waals surface area contributed by atoms with Crippen LogP contribution in [-0.2, 0) is 26.9 Å². The molecule has 2 aromatic rings. The number of benzene rings is 1. The molecule has 1 aromatic heterocycles. The Labute approximate surface area is 178 Å². The lowest BCUT2D eigenvalue weighted by Crippen LogP contribution is -2.58. The Balaban J connectivity index is 2.09. The van der Waals surface area contributed by atoms with Gasteiger partial charge in [-0.15, -0.1) is 0 Å². The summed E-state index contributed by atoms with van der Waals surface area (Å²) in [5.41, 5.74) is -2.28. The van der Waals surface area contributed by atoms with Crippen LogP contribution in [-0.4, -0.2) is 27.8 Å². The fraction of sp³-hybridized carbons (Fsp3) is 0.435. The lowest BCUT2D eigenvalue weighted by molar-refractivity contribution is -0.184. The summed E-state index contributed by atoms with van der Waals surface area (Å²) < 4.78 is 51.1. The van der Waals surface area contributed by atoms with Gasteiger partial charge in [-0.05, 0) is 69.5 Å². The topological polar surface area (TPSA) is 65.5 Å². The van der Waals surface area contributed by atoms with Crippen LogP contribution in [0, 0.1) is 0 Å². The molecule has 1 saturated heterocycles. The number of hydrogen-bond donors (Lipinski definition) is 0. The lowest BCUT2D eigenvalue weighted by Gasteiger charge is -2.43. The number of ether oxygens (including phenoxy) is 2. The maximum atomic E-state index is 13.3. The molecule has 1 aliphatic heterocycles. The molecule has 166 valence electrons. The van der Waals surface area contributed by atoms with Crippen molar-refractivity contribution in [1.29, 1.82) is 0 Å². The molecule has 5 nitrogen and oxygen atoms in total. The highest BCUT2D eigenvalue weighted by Gasteiger charge is 2.53. The zero-order valence-corrected chi connectivity index (χ0v) is 18.0. The number of nitrogens with zero attached hydrogens (tertiary/aromatic N) is 1. The van der Waals surface area contributed by atoms with Gasteiger partial charge >= 0.3 is 6.18 Å². The summed E-state index contributed by atoms with van der Waals surface area (Å²) in [7, 11) is 0. The molecular formula is C23H24F3NO4. The van der Waals surface area contributed by atoms with Crippen LogP contribution in [0.25, 0.3) is 0 Å². The molecule has 0 atom stereocenters. The van der Waals surface area contributed by atoms with E-state index < -0.39 is 46.3 Å². The number of halogens is 3. The van der Waals surface area contributed by atoms with E-state index in [2.05, 4.69) is 4.98 Å². The van der Waals surface area contributed by atoms with Crippen molar-refractivity contribution < 1.29 is 32.2 Å². The van der Waals surface area contributed by atoms with E-state index in [4.69, 9.17) is 9.47 Å². The number of hydrogen-bond acceptors (Lipinski definition) is 5. The Morgan fingerprint density at radius 3 is 2.23 bits per heavy atom. The molecular weight excluding hydrogens is 411 g/mol. The molecule has 1 aromatic carbocycles. The molecule has 0 aliphatic carbocycles. The van der Waals surface area contributed by atoms with Crippen molar-refractivity contribution in [2.24, 2.45) is 0 Å². The van der Waals surface area contributed by atoms with Gasteiger partial charge in [0.2, 0.25) is 5.88 Å². The number of Topliss-reactive ketones (excluding diaryl/α,β-unsaturated/α-hetero) is 2. The quantitative estimate of drug-likeness (QED) is 0.613. The molecule has 0 saturated carbocycles. The summed E-state index contributed by atoms with van der Waals surface area (Å²) in [4.78, 5) is 29.9. The third kappa shape index (κ3) is 4.35. The third-order valence-corrected chi connectivity index (χ3v) is 5.32. The number of carbonyl (C=O) groups is 2. The van der Waals surface area contributed by atoms with Crippen molar-refractivity contribution >= 4 is 11.6 Å². The zero-order chi connectivity index (χ0) is 23.2. The molecule has 0 amide bonds. The van der Waals surface area contributed by atoms with E-state index in [1.54, 1.807) is 33.8 Å². The molecule has 8 heteroatoms. The van der Waals surface area contributed by atoms with E-state index in [1.165, 1.54) is 24.4 Å². The first-order valence-electron chi connectivity index (χ1n) is 9.89. The van der Waals surface area contributed by atoms with E-state index in [1.807, 2.05) is 6.92 Å². The number of aryl methyl sites for hydroxylation is 1. The molecule has 1 fully saturated rings. The van der Waals surface area contributed by atoms with Crippen molar-refractivity contribution in [3.05, 3.63) is 53.2 Å². The smallest absolute Gasteiger partial charge is 0.421 e. The Hall–Kier alpha value is -2.74. The second kappa shape index (κ2) is 7.75. The summed E-state index contributed by atoms with van der Waals surface area (Å²) in [6.07, 6.45) is -2.93. The minimum Gasteiger partial charge on any atom is -0.438 e.